The Morgan fingerprint density at radius 2 is 1.59 bits per heavy atom. The summed E-state index contributed by atoms with van der Waals surface area (Å²) < 4.78 is 19.6. The van der Waals surface area contributed by atoms with Crippen LogP contribution in [0.5, 0.6) is 0 Å². The van der Waals surface area contributed by atoms with Crippen molar-refractivity contribution in [1.82, 2.24) is 14.8 Å². The Balaban J connectivity index is 0.000000637. The molecule has 12 heteroatoms. The third kappa shape index (κ3) is 11.6. The van der Waals surface area contributed by atoms with Crippen molar-refractivity contribution in [3.63, 3.8) is 0 Å². The highest BCUT2D eigenvalue weighted by atomic mass is 35.5. The number of esters is 1. The lowest BCUT2D eigenvalue weighted by atomic mass is 10.1. The number of piperazine rings is 1. The van der Waals surface area contributed by atoms with Gasteiger partial charge in [-0.3, -0.25) is 9.80 Å². The van der Waals surface area contributed by atoms with E-state index in [-0.39, 0.29) is 17.9 Å². The predicted molar refractivity (Wildman–Crippen MR) is 174 cm³/mol. The number of benzene rings is 2. The lowest BCUT2D eigenvalue weighted by molar-refractivity contribution is -0.134. The van der Waals surface area contributed by atoms with Crippen molar-refractivity contribution >= 4 is 35.3 Å². The third-order valence-electron chi connectivity index (χ3n) is 7.12. The number of rotatable bonds is 12. The molecule has 0 aliphatic carbocycles. The van der Waals surface area contributed by atoms with Gasteiger partial charge in [0.1, 0.15) is 17.2 Å². The average molecular weight is 655 g/mol. The number of hydrogen-bond acceptors (Lipinski definition) is 8. The van der Waals surface area contributed by atoms with E-state index in [1.165, 1.54) is 17.2 Å². The van der Waals surface area contributed by atoms with E-state index in [0.29, 0.717) is 40.7 Å². The zero-order valence-electron chi connectivity index (χ0n) is 26.2. The molecule has 1 aliphatic rings. The number of ether oxygens (including phenoxy) is 1. The zero-order valence-corrected chi connectivity index (χ0v) is 27.0. The van der Waals surface area contributed by atoms with Gasteiger partial charge in [0.25, 0.3) is 0 Å². The number of carboxylic acid groups (broad SMARTS) is 2. The normalized spacial score (nSPS) is 13.5. The van der Waals surface area contributed by atoms with Gasteiger partial charge in [-0.2, -0.15) is 0 Å². The number of carboxylic acids is 2. The number of anilines is 1. The average Bonchev–Trinajstić information content (AvgIpc) is 3.02. The molecule has 246 valence electrons. The first kappa shape index (κ1) is 36.2. The summed E-state index contributed by atoms with van der Waals surface area (Å²) in [5, 5.41) is 16.1. The molecule has 0 spiro atoms. The molecule has 2 N–H and O–H groups in total. The maximum Gasteiger partial charge on any atom is 0.342 e. The van der Waals surface area contributed by atoms with E-state index in [9.17, 15) is 18.8 Å². The number of halogens is 2. The first-order valence-corrected chi connectivity index (χ1v) is 15.3. The quantitative estimate of drug-likeness (QED) is 0.191. The van der Waals surface area contributed by atoms with Crippen molar-refractivity contribution in [2.75, 3.05) is 37.6 Å². The number of aromatic nitrogens is 1. The molecule has 3 aromatic rings. The van der Waals surface area contributed by atoms with E-state index in [0.717, 1.165) is 45.8 Å². The standard InChI is InChI=1S/C30H36ClFN4O2.C4H4O4/c1-4-34(21-26-27(31)8-5-9-28(26)32)19-23-10-12-24(13-11-23)20-35-15-17-36(18-16-35)29-25(7-6-14-33-29)30(37)38-22(2)3;5-3(6)1-2-4(7)8/h5-14,22H,4,15-21H2,1-3H3;1-2H,(H,5,6)(H,7,8)/b;2-1-. The highest BCUT2D eigenvalue weighted by Gasteiger charge is 2.24. The fourth-order valence-electron chi connectivity index (χ4n) is 4.80. The van der Waals surface area contributed by atoms with Crippen molar-refractivity contribution in [1.29, 1.82) is 0 Å². The van der Waals surface area contributed by atoms with Gasteiger partial charge in [-0.15, -0.1) is 0 Å². The van der Waals surface area contributed by atoms with Crippen molar-refractivity contribution in [3.05, 3.63) is 106 Å². The summed E-state index contributed by atoms with van der Waals surface area (Å²) in [7, 11) is 0. The molecule has 46 heavy (non-hydrogen) atoms. The number of carbonyl (C=O) groups is 3. The zero-order chi connectivity index (χ0) is 33.6. The molecule has 0 bridgehead atoms. The molecule has 1 aromatic heterocycles. The Morgan fingerprint density at radius 1 is 0.957 bits per heavy atom. The monoisotopic (exact) mass is 654 g/mol. The van der Waals surface area contributed by atoms with Crippen molar-refractivity contribution in [2.45, 2.75) is 46.5 Å². The Labute approximate surface area is 273 Å². The molecule has 0 unspecified atom stereocenters. The fraction of sp³-hybridized carbons (Fsp3) is 0.353. The SMILES string of the molecule is CCN(Cc1ccc(CN2CCN(c3ncccc3C(=O)OC(C)C)CC2)cc1)Cc1c(F)cccc1Cl.O=C(O)/C=C\C(=O)O. The van der Waals surface area contributed by atoms with Crippen molar-refractivity contribution in [3.8, 4) is 0 Å². The minimum atomic E-state index is -1.26. The van der Waals surface area contributed by atoms with Gasteiger partial charge < -0.3 is 19.8 Å². The molecule has 1 aliphatic heterocycles. The van der Waals surface area contributed by atoms with E-state index in [4.69, 9.17) is 26.6 Å². The fourth-order valence-corrected chi connectivity index (χ4v) is 5.02. The summed E-state index contributed by atoms with van der Waals surface area (Å²) in [6.07, 6.45) is 2.67. The number of aliphatic carboxylic acids is 2. The van der Waals surface area contributed by atoms with Crippen LogP contribution in [0.2, 0.25) is 5.02 Å². The maximum absolute atomic E-state index is 14.2. The summed E-state index contributed by atoms with van der Waals surface area (Å²) in [4.78, 5) is 42.9. The lowest BCUT2D eigenvalue weighted by Gasteiger charge is -2.36. The molecule has 2 aromatic carbocycles. The number of nitrogens with zero attached hydrogens (tertiary/aromatic N) is 4. The predicted octanol–water partition coefficient (Wildman–Crippen LogP) is 5.50. The minimum Gasteiger partial charge on any atom is -0.478 e. The van der Waals surface area contributed by atoms with Crippen molar-refractivity contribution < 1.29 is 33.7 Å². The number of carbonyl (C=O) groups excluding carboxylic acids is 1. The molecule has 0 saturated carbocycles. The van der Waals surface area contributed by atoms with Crippen LogP contribution < -0.4 is 4.90 Å². The lowest BCUT2D eigenvalue weighted by Crippen LogP contribution is -2.46. The van der Waals surface area contributed by atoms with Crippen LogP contribution in [0.15, 0.2) is 72.9 Å². The van der Waals surface area contributed by atoms with Crippen LogP contribution in [-0.4, -0.2) is 81.7 Å². The Kier molecular flexibility index (Phi) is 14.1. The van der Waals surface area contributed by atoms with Crippen LogP contribution in [0.3, 0.4) is 0 Å². The smallest absolute Gasteiger partial charge is 0.342 e. The van der Waals surface area contributed by atoms with Crippen LogP contribution in [0, 0.1) is 5.82 Å². The molecule has 1 fully saturated rings. The first-order valence-electron chi connectivity index (χ1n) is 15.0. The molecule has 1 saturated heterocycles. The van der Waals surface area contributed by atoms with Gasteiger partial charge in [0.2, 0.25) is 0 Å². The number of hydrogen-bond donors (Lipinski definition) is 2. The van der Waals surface area contributed by atoms with Gasteiger partial charge in [0, 0.05) is 74.7 Å². The molecule has 4 rings (SSSR count). The second-order valence-electron chi connectivity index (χ2n) is 10.9. The molecular weight excluding hydrogens is 615 g/mol. The largest absolute Gasteiger partial charge is 0.478 e. The van der Waals surface area contributed by atoms with E-state index < -0.39 is 11.9 Å². The van der Waals surface area contributed by atoms with E-state index in [1.807, 2.05) is 13.8 Å². The Bertz CT molecular complexity index is 1460. The van der Waals surface area contributed by atoms with Gasteiger partial charge in [0.05, 0.1) is 6.10 Å². The molecule has 0 radical (unpaired) electrons. The molecule has 10 nitrogen and oxygen atoms in total. The Hall–Kier alpha value is -4.32. The van der Waals surface area contributed by atoms with Gasteiger partial charge in [-0.1, -0.05) is 48.9 Å². The van der Waals surface area contributed by atoms with Gasteiger partial charge in [0.15, 0.2) is 0 Å². The molecular formula is C34H40ClFN4O6. The summed E-state index contributed by atoms with van der Waals surface area (Å²) in [5.74, 6) is -2.41. The summed E-state index contributed by atoms with van der Waals surface area (Å²) in [5.41, 5.74) is 3.50. The van der Waals surface area contributed by atoms with Crippen molar-refractivity contribution in [2.24, 2.45) is 0 Å². The minimum absolute atomic E-state index is 0.172. The van der Waals surface area contributed by atoms with Crippen LogP contribution >= 0.6 is 11.6 Å². The highest BCUT2D eigenvalue weighted by Crippen LogP contribution is 2.23. The summed E-state index contributed by atoms with van der Waals surface area (Å²) in [6, 6.07) is 17.0. The maximum atomic E-state index is 14.2. The molecule has 0 atom stereocenters. The highest BCUT2D eigenvalue weighted by molar-refractivity contribution is 6.31. The van der Waals surface area contributed by atoms with Crippen LogP contribution in [0.25, 0.3) is 0 Å². The summed E-state index contributed by atoms with van der Waals surface area (Å²) >= 11 is 6.23. The van der Waals surface area contributed by atoms with Gasteiger partial charge >= 0.3 is 17.9 Å². The molecule has 0 amide bonds. The van der Waals surface area contributed by atoms with E-state index in [2.05, 4.69) is 50.9 Å². The first-order chi connectivity index (χ1) is 22.0. The molecule has 2 heterocycles. The topological polar surface area (TPSA) is 124 Å². The van der Waals surface area contributed by atoms with E-state index >= 15 is 0 Å². The third-order valence-corrected chi connectivity index (χ3v) is 7.47. The Morgan fingerprint density at radius 3 is 2.15 bits per heavy atom. The van der Waals surface area contributed by atoms with Gasteiger partial charge in [-0.25, -0.2) is 23.8 Å². The second kappa shape index (κ2) is 18.0. The summed E-state index contributed by atoms with van der Waals surface area (Å²) in [6.45, 7) is 12.0. The second-order valence-corrected chi connectivity index (χ2v) is 11.3. The number of pyridine rings is 1. The van der Waals surface area contributed by atoms with Crippen LogP contribution in [0.1, 0.15) is 47.8 Å². The van der Waals surface area contributed by atoms with Crippen LogP contribution in [0.4, 0.5) is 10.2 Å². The van der Waals surface area contributed by atoms with Gasteiger partial charge in [-0.05, 0) is 55.8 Å². The van der Waals surface area contributed by atoms with Crippen LogP contribution in [-0.2, 0) is 34.0 Å². The van der Waals surface area contributed by atoms with E-state index in [1.54, 1.807) is 30.5 Å².